The van der Waals surface area contributed by atoms with E-state index in [2.05, 4.69) is 35.5 Å². The second-order valence-electron chi connectivity index (χ2n) is 16.1. The first-order chi connectivity index (χ1) is 34.7. The number of aliphatic imine (C=N–C) groups is 4. The summed E-state index contributed by atoms with van der Waals surface area (Å²) in [4.78, 5) is 52.6. The van der Waals surface area contributed by atoms with E-state index in [4.69, 9.17) is 79.6 Å². The van der Waals surface area contributed by atoms with E-state index in [0.29, 0.717) is 65.5 Å². The van der Waals surface area contributed by atoms with Crippen molar-refractivity contribution in [1.29, 1.82) is 0 Å². The Hall–Kier alpha value is -6.79. The highest BCUT2D eigenvalue weighted by atomic mass is 35.5. The molecule has 12 N–H and O–H groups in total. The third kappa shape index (κ3) is 20.9. The van der Waals surface area contributed by atoms with Crippen LogP contribution in [0.3, 0.4) is 0 Å². The SMILES string of the molecule is NC(=NCCCCCCN=C(N)N=C(N)Nc1ccc(Cl)cc1)N=C(N)Nc1ccc(Cl)cc1.O=C(O)CCCc1ccc(N(CCCl)CCCl)cc1.O=C(c1ccccc1)c1ccc2n1CCC2C(=O)O. The molecule has 2 heterocycles. The first kappa shape index (κ1) is 57.8. The molecule has 0 saturated carbocycles. The normalized spacial score (nSPS) is 13.5. The van der Waals surface area contributed by atoms with Gasteiger partial charge in [0.1, 0.15) is 0 Å². The molecular formula is C51H62Cl4N12O5. The van der Waals surface area contributed by atoms with Gasteiger partial charge in [-0.1, -0.05) is 78.5 Å². The van der Waals surface area contributed by atoms with Crippen molar-refractivity contribution < 1.29 is 24.6 Å². The molecule has 4 aromatic carbocycles. The Morgan fingerprint density at radius 2 is 1.17 bits per heavy atom. The molecule has 0 aliphatic carbocycles. The lowest BCUT2D eigenvalue weighted by Crippen LogP contribution is -2.27. The lowest BCUT2D eigenvalue weighted by molar-refractivity contribution is -0.139. The van der Waals surface area contributed by atoms with Crippen LogP contribution >= 0.6 is 46.4 Å². The van der Waals surface area contributed by atoms with Gasteiger partial charge >= 0.3 is 11.9 Å². The summed E-state index contributed by atoms with van der Waals surface area (Å²) in [5, 5.41) is 24.8. The van der Waals surface area contributed by atoms with Gasteiger partial charge in [-0.2, -0.15) is 9.98 Å². The number of nitrogens with two attached hydrogens (primary N) is 4. The smallest absolute Gasteiger partial charge is 0.312 e. The summed E-state index contributed by atoms with van der Waals surface area (Å²) in [7, 11) is 0. The fourth-order valence-electron chi connectivity index (χ4n) is 7.22. The van der Waals surface area contributed by atoms with Gasteiger partial charge in [0.25, 0.3) is 0 Å². The van der Waals surface area contributed by atoms with Gasteiger partial charge < -0.3 is 53.2 Å². The number of aryl methyl sites for hydroxylation is 1. The third-order valence-corrected chi connectivity index (χ3v) is 11.6. The van der Waals surface area contributed by atoms with E-state index in [-0.39, 0.29) is 36.0 Å². The summed E-state index contributed by atoms with van der Waals surface area (Å²) >= 11 is 23.2. The van der Waals surface area contributed by atoms with Gasteiger partial charge in [0.15, 0.2) is 0 Å². The Morgan fingerprint density at radius 1 is 0.653 bits per heavy atom. The van der Waals surface area contributed by atoms with E-state index >= 15 is 0 Å². The Kier molecular flexibility index (Phi) is 25.3. The lowest BCUT2D eigenvalue weighted by Gasteiger charge is -2.23. The van der Waals surface area contributed by atoms with Crippen molar-refractivity contribution in [2.24, 2.45) is 42.9 Å². The van der Waals surface area contributed by atoms with Gasteiger partial charge in [0.2, 0.25) is 29.6 Å². The molecule has 1 atom stereocenters. The number of guanidine groups is 4. The lowest BCUT2D eigenvalue weighted by atomic mass is 10.1. The molecule has 0 amide bonds. The maximum absolute atomic E-state index is 12.4. The van der Waals surface area contributed by atoms with Crippen molar-refractivity contribution in [2.45, 2.75) is 63.8 Å². The van der Waals surface area contributed by atoms with Crippen LogP contribution in [0.5, 0.6) is 0 Å². The Labute approximate surface area is 440 Å². The minimum atomic E-state index is -0.824. The van der Waals surface area contributed by atoms with Gasteiger partial charge in [-0.05, 0) is 110 Å². The molecule has 0 fully saturated rings. The monoisotopic (exact) mass is 1060 g/mol. The number of fused-ring (bicyclic) bond motifs is 1. The molecule has 1 aliphatic rings. The molecule has 17 nitrogen and oxygen atoms in total. The number of carbonyl (C=O) groups excluding carboxylic acids is 1. The first-order valence-electron chi connectivity index (χ1n) is 23.2. The minimum Gasteiger partial charge on any atom is -0.481 e. The van der Waals surface area contributed by atoms with Crippen LogP contribution in [0.2, 0.25) is 10.0 Å². The van der Waals surface area contributed by atoms with Crippen molar-refractivity contribution in [3.8, 4) is 0 Å². The maximum atomic E-state index is 12.4. The van der Waals surface area contributed by atoms with Crippen LogP contribution in [0.25, 0.3) is 0 Å². The molecule has 72 heavy (non-hydrogen) atoms. The summed E-state index contributed by atoms with van der Waals surface area (Å²) in [5.41, 5.74) is 28.9. The number of nitrogens with zero attached hydrogens (tertiary/aromatic N) is 6. The topological polar surface area (TPSA) is 277 Å². The zero-order valence-electron chi connectivity index (χ0n) is 39.8. The molecule has 5 aromatic rings. The molecule has 1 aromatic heterocycles. The van der Waals surface area contributed by atoms with Crippen LogP contribution in [0.15, 0.2) is 135 Å². The van der Waals surface area contributed by atoms with Crippen molar-refractivity contribution in [3.63, 3.8) is 0 Å². The molecule has 0 spiro atoms. The summed E-state index contributed by atoms with van der Waals surface area (Å²) < 4.78 is 1.83. The zero-order chi connectivity index (χ0) is 52.3. The summed E-state index contributed by atoms with van der Waals surface area (Å²) in [6, 6.07) is 34.8. The summed E-state index contributed by atoms with van der Waals surface area (Å²) in [6.45, 7) is 3.25. The first-order valence-corrected chi connectivity index (χ1v) is 25.0. The van der Waals surface area contributed by atoms with E-state index in [9.17, 15) is 14.4 Å². The molecule has 1 unspecified atom stereocenters. The van der Waals surface area contributed by atoms with Crippen LogP contribution < -0.4 is 38.5 Å². The number of carboxylic acids is 2. The largest absolute Gasteiger partial charge is 0.481 e. The Balaban J connectivity index is 0.000000251. The molecule has 1 aliphatic heterocycles. The number of carbonyl (C=O) groups is 3. The van der Waals surface area contributed by atoms with Crippen molar-refractivity contribution >= 4 is 105 Å². The molecule has 6 rings (SSSR count). The number of hydrogen-bond acceptors (Lipinski definition) is 6. The van der Waals surface area contributed by atoms with Gasteiger partial charge in [-0.25, -0.2) is 0 Å². The van der Waals surface area contributed by atoms with E-state index in [1.807, 2.05) is 47.0 Å². The van der Waals surface area contributed by atoms with Crippen molar-refractivity contribution in [1.82, 2.24) is 4.57 Å². The average Bonchev–Trinajstić information content (AvgIpc) is 3.98. The van der Waals surface area contributed by atoms with E-state index < -0.39 is 17.9 Å². The van der Waals surface area contributed by atoms with E-state index in [0.717, 1.165) is 73.5 Å². The second kappa shape index (κ2) is 31.5. The Bertz CT molecular complexity index is 2500. The molecule has 384 valence electrons. The highest BCUT2D eigenvalue weighted by molar-refractivity contribution is 6.31. The van der Waals surface area contributed by atoms with Gasteiger partial charge in [-0.15, -0.1) is 23.2 Å². The van der Waals surface area contributed by atoms with Crippen LogP contribution in [0.4, 0.5) is 17.1 Å². The fourth-order valence-corrected chi connectivity index (χ4v) is 7.88. The maximum Gasteiger partial charge on any atom is 0.312 e. The van der Waals surface area contributed by atoms with Crippen LogP contribution in [-0.4, -0.2) is 94.3 Å². The number of halogens is 4. The number of alkyl halides is 2. The standard InChI is InChI=1S/C22H30Cl2N10.C15H13NO3.C14H19Cl2NO2/c23-15-5-9-17(10-6-15)31-21(27)33-19(25)29-13-3-1-2-4-14-30-20(26)34-22(28)32-18-11-7-16(24)8-12-18;17-14(10-4-2-1-3-5-10)13-7-6-12-11(15(18)19)8-9-16(12)13;15-8-10-17(11-9-16)13-6-4-12(5-7-13)2-1-3-14(18)19/h5-12H,1-4,13-14H2,(H5,25,27,29,31,33)(H5,26,28,30,32,34);1-7,11H,8-9H2,(H,18,19);4-7H,1-3,8-11H2,(H,18,19). The van der Waals surface area contributed by atoms with Crippen molar-refractivity contribution in [2.75, 3.05) is 53.5 Å². The number of rotatable bonds is 21. The molecule has 21 heteroatoms. The fraction of sp³-hybridized carbons (Fsp3) is 0.314. The molecule has 0 saturated heterocycles. The van der Waals surface area contributed by atoms with Crippen molar-refractivity contribution in [3.05, 3.63) is 148 Å². The minimum absolute atomic E-state index is 0.0575. The van der Waals surface area contributed by atoms with E-state index in [1.165, 1.54) is 0 Å². The van der Waals surface area contributed by atoms with Crippen LogP contribution in [0.1, 0.15) is 78.2 Å². The van der Waals surface area contributed by atoms with Crippen LogP contribution in [-0.2, 0) is 22.6 Å². The number of aliphatic carboxylic acids is 2. The molecular weight excluding hydrogens is 1000 g/mol. The van der Waals surface area contributed by atoms with Gasteiger partial charge in [0, 0.05) is 89.3 Å². The number of anilines is 3. The number of aromatic nitrogens is 1. The summed E-state index contributed by atoms with van der Waals surface area (Å²) in [6.07, 6.45) is 5.91. The number of ketones is 1. The van der Waals surface area contributed by atoms with E-state index in [1.54, 1.807) is 72.8 Å². The number of carboxylic acid groups (broad SMARTS) is 2. The van der Waals surface area contributed by atoms with Gasteiger partial charge in [-0.3, -0.25) is 24.4 Å². The average molecular weight is 1060 g/mol. The Morgan fingerprint density at radius 3 is 1.64 bits per heavy atom. The number of nitrogens with one attached hydrogen (secondary N) is 2. The summed E-state index contributed by atoms with van der Waals surface area (Å²) in [5.74, 6) is -0.415. The third-order valence-electron chi connectivity index (χ3n) is 10.8. The zero-order valence-corrected chi connectivity index (χ0v) is 42.8. The number of unbranched alkanes of at least 4 members (excludes halogenated alkanes) is 3. The highest BCUT2D eigenvalue weighted by Gasteiger charge is 2.31. The molecule has 0 bridgehead atoms. The highest BCUT2D eigenvalue weighted by Crippen LogP contribution is 2.31. The number of benzene rings is 4. The quantitative estimate of drug-likeness (QED) is 0.0112. The second-order valence-corrected chi connectivity index (χ2v) is 17.7. The number of hydrogen-bond donors (Lipinski definition) is 8. The van der Waals surface area contributed by atoms with Crippen LogP contribution in [0, 0.1) is 0 Å². The predicted molar refractivity (Wildman–Crippen MR) is 295 cm³/mol. The van der Waals surface area contributed by atoms with Gasteiger partial charge in [0.05, 0.1) is 11.6 Å². The predicted octanol–water partition coefficient (Wildman–Crippen LogP) is 9.01. The molecule has 0 radical (unpaired) electrons.